The fraction of sp³-hybridized carbons (Fsp3) is 0.529. The van der Waals surface area contributed by atoms with Gasteiger partial charge in [-0.2, -0.15) is 0 Å². The number of carbonyl (C=O) groups excluding carboxylic acids is 1. The molecule has 23 heavy (non-hydrogen) atoms. The van der Waals surface area contributed by atoms with E-state index >= 15 is 0 Å². The van der Waals surface area contributed by atoms with Crippen molar-refractivity contribution < 1.29 is 24.2 Å². The van der Waals surface area contributed by atoms with E-state index in [-0.39, 0.29) is 11.8 Å². The van der Waals surface area contributed by atoms with E-state index in [4.69, 9.17) is 14.6 Å². The smallest absolute Gasteiger partial charge is 0.306 e. The lowest BCUT2D eigenvalue weighted by atomic mass is 9.81. The van der Waals surface area contributed by atoms with Gasteiger partial charge in [0.1, 0.15) is 0 Å². The molecule has 1 aliphatic carbocycles. The molecule has 6 nitrogen and oxygen atoms in total. The average Bonchev–Trinajstić information content (AvgIpc) is 2.59. The second-order valence-electron chi connectivity index (χ2n) is 5.81. The number of methoxy groups -OCH3 is 2. The summed E-state index contributed by atoms with van der Waals surface area (Å²) in [5.74, 6) is -0.249. The third-order valence-corrected chi connectivity index (χ3v) is 4.31. The van der Waals surface area contributed by atoms with E-state index in [9.17, 15) is 9.59 Å². The van der Waals surface area contributed by atoms with E-state index in [1.165, 1.54) is 0 Å². The van der Waals surface area contributed by atoms with Crippen LogP contribution in [0.5, 0.6) is 11.5 Å². The van der Waals surface area contributed by atoms with Crippen LogP contribution in [0.15, 0.2) is 18.2 Å². The van der Waals surface area contributed by atoms with Crippen molar-refractivity contribution in [2.45, 2.75) is 32.2 Å². The standard InChI is InChI=1S/C17H23NO5/c1-22-14-7-6-11(8-15(14)23-2)10-18-16(19)12-4-3-5-13(9-12)17(20)21/h6-8,12-13H,3-5,9-10H2,1-2H3,(H,18,19)(H,20,21). The highest BCUT2D eigenvalue weighted by Gasteiger charge is 2.30. The van der Waals surface area contributed by atoms with Gasteiger partial charge in [-0.1, -0.05) is 12.5 Å². The van der Waals surface area contributed by atoms with Gasteiger partial charge in [-0.05, 0) is 37.0 Å². The Morgan fingerprint density at radius 2 is 1.87 bits per heavy atom. The van der Waals surface area contributed by atoms with Gasteiger partial charge in [0, 0.05) is 12.5 Å². The number of hydrogen-bond acceptors (Lipinski definition) is 4. The summed E-state index contributed by atoms with van der Waals surface area (Å²) in [5.41, 5.74) is 0.904. The molecule has 0 heterocycles. The molecule has 126 valence electrons. The third kappa shape index (κ3) is 4.37. The zero-order chi connectivity index (χ0) is 16.8. The molecule has 6 heteroatoms. The Bertz CT molecular complexity index is 572. The largest absolute Gasteiger partial charge is 0.493 e. The summed E-state index contributed by atoms with van der Waals surface area (Å²) in [4.78, 5) is 23.3. The van der Waals surface area contributed by atoms with Crippen molar-refractivity contribution in [3.05, 3.63) is 23.8 Å². The highest BCUT2D eigenvalue weighted by atomic mass is 16.5. The minimum Gasteiger partial charge on any atom is -0.493 e. The molecule has 2 atom stereocenters. The van der Waals surface area contributed by atoms with Crippen LogP contribution in [-0.4, -0.2) is 31.2 Å². The van der Waals surface area contributed by atoms with Crippen LogP contribution in [0.1, 0.15) is 31.2 Å². The summed E-state index contributed by atoms with van der Waals surface area (Å²) in [6, 6.07) is 5.48. The second-order valence-corrected chi connectivity index (χ2v) is 5.81. The first kappa shape index (κ1) is 17.1. The quantitative estimate of drug-likeness (QED) is 0.839. The molecule has 1 aromatic carbocycles. The molecule has 1 saturated carbocycles. The lowest BCUT2D eigenvalue weighted by Gasteiger charge is -2.25. The van der Waals surface area contributed by atoms with Gasteiger partial charge in [-0.25, -0.2) is 0 Å². The molecular weight excluding hydrogens is 298 g/mol. The van der Waals surface area contributed by atoms with Gasteiger partial charge in [0.05, 0.1) is 20.1 Å². The maximum Gasteiger partial charge on any atom is 0.306 e. The highest BCUT2D eigenvalue weighted by Crippen LogP contribution is 2.30. The molecule has 1 fully saturated rings. The molecule has 1 aliphatic rings. The fourth-order valence-corrected chi connectivity index (χ4v) is 2.98. The Labute approximate surface area is 135 Å². The first-order valence-electron chi connectivity index (χ1n) is 7.76. The van der Waals surface area contributed by atoms with E-state index in [1.807, 2.05) is 12.1 Å². The molecule has 2 N–H and O–H groups in total. The number of nitrogens with one attached hydrogen (secondary N) is 1. The summed E-state index contributed by atoms with van der Waals surface area (Å²) in [7, 11) is 3.13. The van der Waals surface area contributed by atoms with Gasteiger partial charge in [-0.3, -0.25) is 9.59 Å². The number of carbonyl (C=O) groups is 2. The lowest BCUT2D eigenvalue weighted by molar-refractivity contribution is -0.144. The molecule has 1 aromatic rings. The Kier molecular flexibility index (Phi) is 5.84. The van der Waals surface area contributed by atoms with E-state index in [0.717, 1.165) is 18.4 Å². The number of hydrogen-bond donors (Lipinski definition) is 2. The summed E-state index contributed by atoms with van der Waals surface area (Å²) in [6.45, 7) is 0.382. The number of rotatable bonds is 6. The summed E-state index contributed by atoms with van der Waals surface area (Å²) in [5, 5.41) is 12.0. The van der Waals surface area contributed by atoms with Gasteiger partial charge in [0.15, 0.2) is 11.5 Å². The van der Waals surface area contributed by atoms with Crippen molar-refractivity contribution >= 4 is 11.9 Å². The van der Waals surface area contributed by atoms with Crippen molar-refractivity contribution in [3.8, 4) is 11.5 Å². The number of amides is 1. The lowest BCUT2D eigenvalue weighted by Crippen LogP contribution is -2.35. The molecule has 0 radical (unpaired) electrons. The summed E-state index contributed by atoms with van der Waals surface area (Å²) >= 11 is 0. The maximum absolute atomic E-state index is 12.3. The van der Waals surface area contributed by atoms with Gasteiger partial charge < -0.3 is 19.9 Å². The van der Waals surface area contributed by atoms with Crippen LogP contribution in [0, 0.1) is 11.8 Å². The predicted octanol–water partition coefficient (Wildman–Crippen LogP) is 2.21. The van der Waals surface area contributed by atoms with E-state index in [2.05, 4.69) is 5.32 Å². The van der Waals surface area contributed by atoms with E-state index in [0.29, 0.717) is 30.9 Å². The Balaban J connectivity index is 1.92. The zero-order valence-corrected chi connectivity index (χ0v) is 13.5. The molecule has 2 rings (SSSR count). The van der Waals surface area contributed by atoms with Crippen LogP contribution in [0.25, 0.3) is 0 Å². The van der Waals surface area contributed by atoms with Crippen molar-refractivity contribution in [2.75, 3.05) is 14.2 Å². The third-order valence-electron chi connectivity index (χ3n) is 4.31. The van der Waals surface area contributed by atoms with Crippen molar-refractivity contribution in [3.63, 3.8) is 0 Å². The monoisotopic (exact) mass is 321 g/mol. The second kappa shape index (κ2) is 7.85. The van der Waals surface area contributed by atoms with Crippen LogP contribution in [-0.2, 0) is 16.1 Å². The van der Waals surface area contributed by atoms with Gasteiger partial charge >= 0.3 is 5.97 Å². The normalized spacial score (nSPS) is 20.6. The Morgan fingerprint density at radius 1 is 1.17 bits per heavy atom. The van der Waals surface area contributed by atoms with Gasteiger partial charge in [-0.15, -0.1) is 0 Å². The number of carboxylic acids is 1. The Hall–Kier alpha value is -2.24. The van der Waals surface area contributed by atoms with Crippen molar-refractivity contribution in [1.29, 1.82) is 0 Å². The Morgan fingerprint density at radius 3 is 2.52 bits per heavy atom. The fourth-order valence-electron chi connectivity index (χ4n) is 2.98. The zero-order valence-electron chi connectivity index (χ0n) is 13.5. The predicted molar refractivity (Wildman–Crippen MR) is 84.5 cm³/mol. The molecule has 0 aliphatic heterocycles. The van der Waals surface area contributed by atoms with Crippen LogP contribution in [0.2, 0.25) is 0 Å². The minimum atomic E-state index is -0.803. The van der Waals surface area contributed by atoms with Crippen LogP contribution in [0.4, 0.5) is 0 Å². The summed E-state index contributed by atoms with van der Waals surface area (Å²) < 4.78 is 10.4. The van der Waals surface area contributed by atoms with E-state index < -0.39 is 11.9 Å². The first-order valence-corrected chi connectivity index (χ1v) is 7.76. The maximum atomic E-state index is 12.3. The van der Waals surface area contributed by atoms with E-state index in [1.54, 1.807) is 20.3 Å². The molecule has 2 unspecified atom stereocenters. The van der Waals surface area contributed by atoms with Crippen LogP contribution >= 0.6 is 0 Å². The van der Waals surface area contributed by atoms with Crippen LogP contribution < -0.4 is 14.8 Å². The van der Waals surface area contributed by atoms with Gasteiger partial charge in [0.25, 0.3) is 0 Å². The first-order chi connectivity index (χ1) is 11.0. The van der Waals surface area contributed by atoms with Crippen LogP contribution in [0.3, 0.4) is 0 Å². The number of aliphatic carboxylic acids is 1. The minimum absolute atomic E-state index is 0.0780. The highest BCUT2D eigenvalue weighted by molar-refractivity contribution is 5.80. The average molecular weight is 321 g/mol. The summed E-state index contributed by atoms with van der Waals surface area (Å²) in [6.07, 6.45) is 2.62. The molecular formula is C17H23NO5. The van der Waals surface area contributed by atoms with Crippen molar-refractivity contribution in [2.24, 2.45) is 11.8 Å². The molecule has 0 bridgehead atoms. The molecule has 1 amide bonds. The number of benzene rings is 1. The number of ether oxygens (including phenoxy) is 2. The topological polar surface area (TPSA) is 84.9 Å². The molecule has 0 saturated heterocycles. The number of carboxylic acid groups (broad SMARTS) is 1. The molecule has 0 spiro atoms. The van der Waals surface area contributed by atoms with Crippen molar-refractivity contribution in [1.82, 2.24) is 5.32 Å². The SMILES string of the molecule is COc1ccc(CNC(=O)C2CCCC(C(=O)O)C2)cc1OC. The molecule has 0 aromatic heterocycles. The van der Waals surface area contributed by atoms with Gasteiger partial charge in [0.2, 0.25) is 5.91 Å².